The number of halogens is 2. The fourth-order valence-corrected chi connectivity index (χ4v) is 6.56. The Bertz CT molecular complexity index is 1380. The van der Waals surface area contributed by atoms with E-state index < -0.39 is 17.0 Å². The number of carbonyl (C=O) groups is 2. The zero-order valence-electron chi connectivity index (χ0n) is 24.1. The monoisotopic (exact) mass is 559 g/mol. The van der Waals surface area contributed by atoms with Crippen molar-refractivity contribution in [3.05, 3.63) is 107 Å². The summed E-state index contributed by atoms with van der Waals surface area (Å²) in [6.45, 7) is 6.19. The lowest BCUT2D eigenvalue weighted by Crippen LogP contribution is -2.52. The molecule has 2 fully saturated rings. The Morgan fingerprint density at radius 1 is 0.951 bits per heavy atom. The lowest BCUT2D eigenvalue weighted by atomic mass is 9.80. The first-order chi connectivity index (χ1) is 19.7. The number of nitrogens with one attached hydrogen (secondary N) is 1. The van der Waals surface area contributed by atoms with Gasteiger partial charge in [0.25, 0.3) is 0 Å². The van der Waals surface area contributed by atoms with Crippen LogP contribution in [0.5, 0.6) is 0 Å². The molecule has 0 spiro atoms. The van der Waals surface area contributed by atoms with Crippen LogP contribution in [0.4, 0.5) is 8.78 Å². The highest BCUT2D eigenvalue weighted by molar-refractivity contribution is 5.92. The largest absolute Gasteiger partial charge is 0.338 e. The molecule has 5 nitrogen and oxygen atoms in total. The Labute approximate surface area is 241 Å². The Morgan fingerprint density at radius 3 is 2.20 bits per heavy atom. The van der Waals surface area contributed by atoms with Crippen molar-refractivity contribution < 1.29 is 18.4 Å². The maximum absolute atomic E-state index is 14.4. The Kier molecular flexibility index (Phi) is 8.39. The summed E-state index contributed by atoms with van der Waals surface area (Å²) in [4.78, 5) is 30.1. The van der Waals surface area contributed by atoms with Crippen LogP contribution >= 0.6 is 0 Å². The van der Waals surface area contributed by atoms with Gasteiger partial charge in [0.2, 0.25) is 5.91 Å². The molecule has 1 aliphatic heterocycles. The van der Waals surface area contributed by atoms with Crippen LogP contribution < -0.4 is 5.32 Å². The van der Waals surface area contributed by atoms with E-state index in [2.05, 4.69) is 22.3 Å². The van der Waals surface area contributed by atoms with Gasteiger partial charge in [0.15, 0.2) is 11.6 Å². The third kappa shape index (κ3) is 5.84. The summed E-state index contributed by atoms with van der Waals surface area (Å²) >= 11 is 0. The maximum atomic E-state index is 14.4. The van der Waals surface area contributed by atoms with Crippen molar-refractivity contribution in [2.75, 3.05) is 33.2 Å². The normalized spacial score (nSPS) is 22.6. The average Bonchev–Trinajstić information content (AvgIpc) is 3.72. The maximum Gasteiger partial charge on any atom is 0.233 e. The number of hydrogen-bond donors (Lipinski definition) is 1. The van der Waals surface area contributed by atoms with E-state index in [-0.39, 0.29) is 29.2 Å². The Morgan fingerprint density at radius 2 is 1.59 bits per heavy atom. The van der Waals surface area contributed by atoms with Crippen LogP contribution in [0.2, 0.25) is 0 Å². The summed E-state index contributed by atoms with van der Waals surface area (Å²) < 4.78 is 28.4. The van der Waals surface area contributed by atoms with Crippen LogP contribution in [0, 0.1) is 17.6 Å². The number of benzene rings is 3. The Hall–Kier alpha value is -3.42. The number of likely N-dealkylation sites (N-methyl/N-ethyl adjacent to an activating group) is 1. The first-order valence-corrected chi connectivity index (χ1v) is 14.5. The molecule has 0 bridgehead atoms. The van der Waals surface area contributed by atoms with Crippen LogP contribution in [0.25, 0.3) is 0 Å². The molecule has 1 saturated carbocycles. The molecule has 7 heteroatoms. The second-order valence-corrected chi connectivity index (χ2v) is 11.8. The Balaban J connectivity index is 1.35. The van der Waals surface area contributed by atoms with E-state index in [1.165, 1.54) is 11.6 Å². The van der Waals surface area contributed by atoms with Gasteiger partial charge in [-0.05, 0) is 67.9 Å². The fourth-order valence-electron chi connectivity index (χ4n) is 6.56. The van der Waals surface area contributed by atoms with Gasteiger partial charge in [-0.1, -0.05) is 66.7 Å². The summed E-state index contributed by atoms with van der Waals surface area (Å²) in [6.07, 6.45) is 2.24. The SMILES string of the molecule is CC(=O)CNC1(c2ccccc2)CCN(CC2CC2(C(=O)N(C)C(C)c2ccccc2)c2ccc(F)c(F)c2)CC1. The molecule has 5 rings (SSSR count). The minimum absolute atomic E-state index is 0.0142. The van der Waals surface area contributed by atoms with Crippen molar-refractivity contribution >= 4 is 11.7 Å². The topological polar surface area (TPSA) is 52.7 Å². The van der Waals surface area contributed by atoms with Crippen LogP contribution in [0.15, 0.2) is 78.9 Å². The molecule has 3 aromatic rings. The standard InChI is InChI=1S/C34H39F2N3O2/c1-24(40)22-37-33(27-12-8-5-9-13-27)16-18-39(19-17-33)23-29-21-34(29,28-14-15-30(35)31(36)20-28)32(41)38(3)25(2)26-10-6-4-7-11-26/h4-15,20,25,29,37H,16-19,21-23H2,1-3H3. The summed E-state index contributed by atoms with van der Waals surface area (Å²) in [7, 11) is 1.80. The lowest BCUT2D eigenvalue weighted by Gasteiger charge is -2.43. The number of likely N-dealkylation sites (tertiary alicyclic amines) is 1. The van der Waals surface area contributed by atoms with Crippen molar-refractivity contribution in [3.63, 3.8) is 0 Å². The van der Waals surface area contributed by atoms with E-state index in [0.717, 1.165) is 37.6 Å². The number of Topliss-reactive ketones (excluding diaryl/α,β-unsaturated/α-hetero) is 1. The molecule has 1 N–H and O–H groups in total. The van der Waals surface area contributed by atoms with Gasteiger partial charge in [-0.3, -0.25) is 9.59 Å². The molecule has 1 heterocycles. The number of hydrogen-bond acceptors (Lipinski definition) is 4. The minimum Gasteiger partial charge on any atom is -0.338 e. The molecule has 1 amide bonds. The van der Waals surface area contributed by atoms with Crippen LogP contribution in [-0.2, 0) is 20.5 Å². The zero-order valence-corrected chi connectivity index (χ0v) is 24.1. The average molecular weight is 560 g/mol. The predicted molar refractivity (Wildman–Crippen MR) is 156 cm³/mol. The molecule has 0 aromatic heterocycles. The zero-order chi connectivity index (χ0) is 29.2. The lowest BCUT2D eigenvalue weighted by molar-refractivity contribution is -0.135. The highest BCUT2D eigenvalue weighted by atomic mass is 19.2. The number of amides is 1. The fraction of sp³-hybridized carbons (Fsp3) is 0.412. The van der Waals surface area contributed by atoms with Gasteiger partial charge in [0.05, 0.1) is 18.0 Å². The number of piperidine rings is 1. The smallest absolute Gasteiger partial charge is 0.233 e. The number of rotatable bonds is 10. The van der Waals surface area contributed by atoms with Gasteiger partial charge in [0.1, 0.15) is 5.78 Å². The third-order valence-electron chi connectivity index (χ3n) is 9.30. The van der Waals surface area contributed by atoms with Gasteiger partial charge < -0.3 is 15.1 Å². The first kappa shape index (κ1) is 29.1. The summed E-state index contributed by atoms with van der Waals surface area (Å²) in [5.41, 5.74) is 1.55. The van der Waals surface area contributed by atoms with Crippen molar-refractivity contribution in [2.24, 2.45) is 5.92 Å². The summed E-state index contributed by atoms with van der Waals surface area (Å²) in [5, 5.41) is 3.54. The molecule has 41 heavy (non-hydrogen) atoms. The molecular weight excluding hydrogens is 520 g/mol. The van der Waals surface area contributed by atoms with Gasteiger partial charge in [-0.25, -0.2) is 8.78 Å². The molecular formula is C34H39F2N3O2. The van der Waals surface area contributed by atoms with Gasteiger partial charge in [-0.2, -0.15) is 0 Å². The number of nitrogens with zero attached hydrogens (tertiary/aromatic N) is 2. The molecule has 1 aliphatic carbocycles. The third-order valence-corrected chi connectivity index (χ3v) is 9.30. The molecule has 3 aromatic carbocycles. The molecule has 2 aliphatic rings. The van der Waals surface area contributed by atoms with E-state index in [4.69, 9.17) is 0 Å². The van der Waals surface area contributed by atoms with Gasteiger partial charge in [0, 0.05) is 32.2 Å². The van der Waals surface area contributed by atoms with E-state index in [9.17, 15) is 18.4 Å². The minimum atomic E-state index is -0.929. The summed E-state index contributed by atoms with van der Waals surface area (Å²) in [6, 6.07) is 23.8. The molecule has 0 radical (unpaired) electrons. The molecule has 3 atom stereocenters. The van der Waals surface area contributed by atoms with Crippen molar-refractivity contribution in [1.29, 1.82) is 0 Å². The summed E-state index contributed by atoms with van der Waals surface area (Å²) in [5.74, 6) is -1.82. The van der Waals surface area contributed by atoms with Crippen molar-refractivity contribution in [3.8, 4) is 0 Å². The van der Waals surface area contributed by atoms with Crippen molar-refractivity contribution in [1.82, 2.24) is 15.1 Å². The predicted octanol–water partition coefficient (Wildman–Crippen LogP) is 5.61. The second kappa shape index (κ2) is 11.8. The van der Waals surface area contributed by atoms with E-state index in [1.807, 2.05) is 55.5 Å². The van der Waals surface area contributed by atoms with Crippen LogP contribution in [0.1, 0.15) is 55.8 Å². The molecule has 216 valence electrons. The molecule has 1 saturated heterocycles. The molecule has 3 unspecified atom stereocenters. The highest BCUT2D eigenvalue weighted by Gasteiger charge is 2.62. The van der Waals surface area contributed by atoms with Gasteiger partial charge in [-0.15, -0.1) is 0 Å². The van der Waals surface area contributed by atoms with Crippen molar-refractivity contribution in [2.45, 2.75) is 50.1 Å². The quantitative estimate of drug-likeness (QED) is 0.351. The second-order valence-electron chi connectivity index (χ2n) is 11.8. The highest BCUT2D eigenvalue weighted by Crippen LogP contribution is 2.56. The van der Waals surface area contributed by atoms with E-state index in [1.54, 1.807) is 24.9 Å². The first-order valence-electron chi connectivity index (χ1n) is 14.5. The van der Waals surface area contributed by atoms with E-state index >= 15 is 0 Å². The van der Waals surface area contributed by atoms with E-state index in [0.29, 0.717) is 25.1 Å². The van der Waals surface area contributed by atoms with Gasteiger partial charge >= 0.3 is 0 Å². The number of carbonyl (C=O) groups excluding carboxylic acids is 2. The van der Waals surface area contributed by atoms with Crippen LogP contribution in [-0.4, -0.2) is 54.7 Å². The van der Waals surface area contributed by atoms with Crippen LogP contribution in [0.3, 0.4) is 0 Å². The number of ketones is 1.